The fourth-order valence-electron chi connectivity index (χ4n) is 2.12. The third-order valence-electron chi connectivity index (χ3n) is 3.31. The molecule has 3 heteroatoms. The lowest BCUT2D eigenvalue weighted by Gasteiger charge is -2.24. The van der Waals surface area contributed by atoms with Gasteiger partial charge in [-0.05, 0) is 11.8 Å². The van der Waals surface area contributed by atoms with E-state index < -0.39 is 6.10 Å². The van der Waals surface area contributed by atoms with Crippen LogP contribution < -0.4 is 5.73 Å². The molecular weight excluding hydrogens is 154 g/mol. The summed E-state index contributed by atoms with van der Waals surface area (Å²) in [6, 6.07) is 0. The molecule has 0 aromatic heterocycles. The second-order valence-electron chi connectivity index (χ2n) is 4.39. The van der Waals surface area contributed by atoms with Gasteiger partial charge in [-0.1, -0.05) is 13.8 Å². The first-order chi connectivity index (χ1) is 5.50. The van der Waals surface area contributed by atoms with Crippen molar-refractivity contribution in [3.8, 4) is 0 Å². The largest absolute Gasteiger partial charge is 0.390 e. The van der Waals surface area contributed by atoms with Crippen LogP contribution in [0.1, 0.15) is 20.3 Å². The summed E-state index contributed by atoms with van der Waals surface area (Å²) < 4.78 is 4.92. The van der Waals surface area contributed by atoms with Crippen molar-refractivity contribution in [1.82, 2.24) is 0 Å². The topological polar surface area (TPSA) is 55.5 Å². The molecule has 2 unspecified atom stereocenters. The third kappa shape index (κ3) is 1.26. The Balaban J connectivity index is 2.59. The van der Waals surface area contributed by atoms with E-state index in [2.05, 4.69) is 13.8 Å². The Hall–Kier alpha value is -0.120. The second kappa shape index (κ2) is 2.98. The Morgan fingerprint density at radius 2 is 2.08 bits per heavy atom. The number of rotatable bonds is 4. The van der Waals surface area contributed by atoms with Gasteiger partial charge in [-0.15, -0.1) is 0 Å². The lowest BCUT2D eigenvalue weighted by atomic mass is 9.90. The molecule has 1 rings (SSSR count). The van der Waals surface area contributed by atoms with Crippen molar-refractivity contribution in [2.75, 3.05) is 20.3 Å². The van der Waals surface area contributed by atoms with E-state index in [0.717, 1.165) is 6.42 Å². The van der Waals surface area contributed by atoms with Crippen molar-refractivity contribution in [1.29, 1.82) is 0 Å². The van der Waals surface area contributed by atoms with E-state index in [0.29, 0.717) is 13.2 Å². The lowest BCUT2D eigenvalue weighted by Crippen LogP contribution is -2.36. The molecule has 72 valence electrons. The van der Waals surface area contributed by atoms with E-state index in [1.54, 1.807) is 7.11 Å². The maximum Gasteiger partial charge on any atom is 0.0846 e. The zero-order chi connectivity index (χ0) is 9.41. The summed E-state index contributed by atoms with van der Waals surface area (Å²) in [6.07, 6.45) is 0.587. The number of nitrogens with two attached hydrogens (primary N) is 1. The zero-order valence-electron chi connectivity index (χ0n) is 8.13. The van der Waals surface area contributed by atoms with Crippen molar-refractivity contribution < 1.29 is 9.84 Å². The van der Waals surface area contributed by atoms with Crippen LogP contribution in [0, 0.1) is 10.8 Å². The van der Waals surface area contributed by atoms with E-state index in [1.165, 1.54) is 0 Å². The highest BCUT2D eigenvalue weighted by Crippen LogP contribution is 2.64. The van der Waals surface area contributed by atoms with Gasteiger partial charge < -0.3 is 15.6 Å². The molecule has 0 aromatic carbocycles. The number of aliphatic hydroxyl groups is 1. The van der Waals surface area contributed by atoms with E-state index in [4.69, 9.17) is 10.5 Å². The minimum absolute atomic E-state index is 0.0942. The summed E-state index contributed by atoms with van der Waals surface area (Å²) in [5, 5.41) is 9.77. The van der Waals surface area contributed by atoms with E-state index in [9.17, 15) is 5.11 Å². The Labute approximate surface area is 73.9 Å². The molecule has 0 heterocycles. The molecule has 0 bridgehead atoms. The molecule has 3 nitrogen and oxygen atoms in total. The summed E-state index contributed by atoms with van der Waals surface area (Å²) in [5.74, 6) is 0. The molecule has 0 aromatic rings. The highest BCUT2D eigenvalue weighted by molar-refractivity contribution is 5.13. The molecule has 1 saturated carbocycles. The van der Waals surface area contributed by atoms with Gasteiger partial charge in [-0.2, -0.15) is 0 Å². The van der Waals surface area contributed by atoms with E-state index in [1.807, 2.05) is 0 Å². The molecule has 0 radical (unpaired) electrons. The van der Waals surface area contributed by atoms with Crippen molar-refractivity contribution in [2.45, 2.75) is 26.4 Å². The molecule has 1 fully saturated rings. The average molecular weight is 173 g/mol. The molecule has 12 heavy (non-hydrogen) atoms. The molecule has 0 saturated heterocycles. The van der Waals surface area contributed by atoms with Crippen LogP contribution >= 0.6 is 0 Å². The smallest absolute Gasteiger partial charge is 0.0846 e. The van der Waals surface area contributed by atoms with Gasteiger partial charge >= 0.3 is 0 Å². The van der Waals surface area contributed by atoms with Crippen LogP contribution in [0.15, 0.2) is 0 Å². The predicted molar refractivity (Wildman–Crippen MR) is 47.8 cm³/mol. The third-order valence-corrected chi connectivity index (χ3v) is 3.31. The fourth-order valence-corrected chi connectivity index (χ4v) is 2.12. The molecule has 0 aliphatic heterocycles. The molecular formula is C9H19NO2. The summed E-state index contributed by atoms with van der Waals surface area (Å²) in [5.41, 5.74) is 5.75. The van der Waals surface area contributed by atoms with E-state index in [-0.39, 0.29) is 10.8 Å². The second-order valence-corrected chi connectivity index (χ2v) is 4.39. The molecule has 2 atom stereocenters. The van der Waals surface area contributed by atoms with Gasteiger partial charge in [0.05, 0.1) is 12.7 Å². The highest BCUT2D eigenvalue weighted by atomic mass is 16.5. The van der Waals surface area contributed by atoms with Crippen LogP contribution in [-0.2, 0) is 4.74 Å². The van der Waals surface area contributed by atoms with Crippen LogP contribution in [0.2, 0.25) is 0 Å². The van der Waals surface area contributed by atoms with Crippen molar-refractivity contribution in [3.63, 3.8) is 0 Å². The van der Waals surface area contributed by atoms with Crippen LogP contribution in [0.3, 0.4) is 0 Å². The first-order valence-corrected chi connectivity index (χ1v) is 4.37. The predicted octanol–water partition coefficient (Wildman–Crippen LogP) is 0.369. The Morgan fingerprint density at radius 3 is 2.33 bits per heavy atom. The Morgan fingerprint density at radius 1 is 1.58 bits per heavy atom. The summed E-state index contributed by atoms with van der Waals surface area (Å²) >= 11 is 0. The summed E-state index contributed by atoms with van der Waals surface area (Å²) in [7, 11) is 1.60. The average Bonchev–Trinajstić information content (AvgIpc) is 2.55. The number of methoxy groups -OCH3 is 1. The van der Waals surface area contributed by atoms with Crippen LogP contribution in [-0.4, -0.2) is 31.5 Å². The van der Waals surface area contributed by atoms with Crippen LogP contribution in [0.25, 0.3) is 0 Å². The van der Waals surface area contributed by atoms with Gasteiger partial charge in [0.1, 0.15) is 0 Å². The van der Waals surface area contributed by atoms with Gasteiger partial charge in [0, 0.05) is 19.1 Å². The SMILES string of the molecule is COCC(O)C1(CN)CC1(C)C. The minimum Gasteiger partial charge on any atom is -0.390 e. The van der Waals surface area contributed by atoms with Gasteiger partial charge in [-0.25, -0.2) is 0 Å². The zero-order valence-corrected chi connectivity index (χ0v) is 8.13. The first kappa shape index (κ1) is 9.96. The van der Waals surface area contributed by atoms with Crippen LogP contribution in [0.5, 0.6) is 0 Å². The Bertz CT molecular complexity index is 170. The molecule has 1 aliphatic rings. The summed E-state index contributed by atoms with van der Waals surface area (Å²) in [6.45, 7) is 5.21. The minimum atomic E-state index is -0.414. The quantitative estimate of drug-likeness (QED) is 0.645. The number of aliphatic hydroxyl groups excluding tert-OH is 1. The number of hydrogen-bond acceptors (Lipinski definition) is 3. The highest BCUT2D eigenvalue weighted by Gasteiger charge is 2.63. The van der Waals surface area contributed by atoms with Gasteiger partial charge in [-0.3, -0.25) is 0 Å². The van der Waals surface area contributed by atoms with Crippen molar-refractivity contribution in [2.24, 2.45) is 16.6 Å². The van der Waals surface area contributed by atoms with E-state index >= 15 is 0 Å². The van der Waals surface area contributed by atoms with Crippen molar-refractivity contribution >= 4 is 0 Å². The fraction of sp³-hybridized carbons (Fsp3) is 1.00. The standard InChI is InChI=1S/C9H19NO2/c1-8(2)5-9(8,6-10)7(11)4-12-3/h7,11H,4-6,10H2,1-3H3. The normalized spacial score (nSPS) is 34.8. The Kier molecular flexibility index (Phi) is 2.47. The maximum absolute atomic E-state index is 9.77. The monoisotopic (exact) mass is 173 g/mol. The van der Waals surface area contributed by atoms with Crippen LogP contribution in [0.4, 0.5) is 0 Å². The lowest BCUT2D eigenvalue weighted by molar-refractivity contribution is 0.00511. The van der Waals surface area contributed by atoms with Gasteiger partial charge in [0.15, 0.2) is 0 Å². The van der Waals surface area contributed by atoms with Gasteiger partial charge in [0.25, 0.3) is 0 Å². The number of hydrogen-bond donors (Lipinski definition) is 2. The molecule has 3 N–H and O–H groups in total. The first-order valence-electron chi connectivity index (χ1n) is 4.37. The molecule has 1 aliphatic carbocycles. The number of ether oxygens (including phenoxy) is 1. The molecule has 0 spiro atoms. The molecule has 0 amide bonds. The summed E-state index contributed by atoms with van der Waals surface area (Å²) in [4.78, 5) is 0. The van der Waals surface area contributed by atoms with Crippen molar-refractivity contribution in [3.05, 3.63) is 0 Å². The van der Waals surface area contributed by atoms with Gasteiger partial charge in [0.2, 0.25) is 0 Å². The maximum atomic E-state index is 9.77.